The van der Waals surface area contributed by atoms with Crippen LogP contribution in [-0.2, 0) is 24.0 Å². The Morgan fingerprint density at radius 1 is 0.957 bits per heavy atom. The van der Waals surface area contributed by atoms with E-state index in [4.69, 9.17) is 24.0 Å². The van der Waals surface area contributed by atoms with Crippen LogP contribution in [0.25, 0.3) is 0 Å². The minimum atomic E-state index is -2.06. The molecular formula is C12H20O11. The maximum atomic E-state index is 10.3. The van der Waals surface area contributed by atoms with E-state index in [0.29, 0.717) is 0 Å². The van der Waals surface area contributed by atoms with Crippen molar-refractivity contribution in [1.29, 1.82) is 0 Å². The number of hydrogen-bond acceptors (Lipinski definition) is 11. The summed E-state index contributed by atoms with van der Waals surface area (Å²) in [5.74, 6) is -2.06. The number of ether oxygens (including phenoxy) is 3. The first kappa shape index (κ1) is 17.4. The summed E-state index contributed by atoms with van der Waals surface area (Å²) in [6.45, 7) is -1.74. The van der Waals surface area contributed by atoms with Crippen LogP contribution in [0.15, 0.2) is 0 Å². The number of rotatable bonds is 2. The van der Waals surface area contributed by atoms with Gasteiger partial charge in [0.15, 0.2) is 12.4 Å². The van der Waals surface area contributed by atoms with E-state index < -0.39 is 68.0 Å². The minimum Gasteiger partial charge on any atom is -0.394 e. The fourth-order valence-electron chi connectivity index (χ4n) is 2.90. The third-order valence-corrected chi connectivity index (χ3v) is 4.28. The normalized spacial score (nSPS) is 54.0. The average Bonchev–Trinajstić information content (AvgIpc) is 2.81. The van der Waals surface area contributed by atoms with Gasteiger partial charge >= 0.3 is 0 Å². The van der Waals surface area contributed by atoms with Gasteiger partial charge in [0.2, 0.25) is 5.79 Å². The van der Waals surface area contributed by atoms with E-state index in [1.807, 2.05) is 0 Å². The molecule has 134 valence electrons. The van der Waals surface area contributed by atoms with Crippen LogP contribution in [-0.4, -0.2) is 105 Å². The zero-order valence-electron chi connectivity index (χ0n) is 12.0. The molecule has 0 aromatic rings. The molecule has 3 rings (SSSR count). The Hall–Kier alpha value is -0.440. The first-order valence-electron chi connectivity index (χ1n) is 7.17. The molecule has 0 unspecified atom stereocenters. The number of aliphatic hydroxyl groups excluding tert-OH is 6. The minimum absolute atomic E-state index is 0.335. The molecule has 23 heavy (non-hydrogen) atoms. The molecule has 0 aliphatic carbocycles. The van der Waals surface area contributed by atoms with Gasteiger partial charge in [0.05, 0.1) is 6.61 Å². The van der Waals surface area contributed by atoms with Gasteiger partial charge in [-0.2, -0.15) is 0 Å². The van der Waals surface area contributed by atoms with Gasteiger partial charge in [0, 0.05) is 0 Å². The van der Waals surface area contributed by atoms with Gasteiger partial charge < -0.3 is 44.8 Å². The Kier molecular flexibility index (Phi) is 4.88. The van der Waals surface area contributed by atoms with E-state index in [9.17, 15) is 30.6 Å². The monoisotopic (exact) mass is 340 g/mol. The van der Waals surface area contributed by atoms with Gasteiger partial charge in [-0.1, -0.05) is 0 Å². The molecule has 0 spiro atoms. The standard InChI is InChI=1S/C12H20O11/c13-1-4-9-10(18)12(3-14,21-4)22-11-8(17)7(16)6(15)5(20-11)2-19-23-9/h4-11,13-18H,1-3H2/t4-,5-,6-,7+,8-,9-,10+,11-,12-/m1/s1. The van der Waals surface area contributed by atoms with Crippen molar-refractivity contribution in [3.05, 3.63) is 0 Å². The Bertz CT molecular complexity index is 422. The number of fused-ring (bicyclic) bond motifs is 4. The van der Waals surface area contributed by atoms with Crippen molar-refractivity contribution in [2.45, 2.75) is 54.8 Å². The molecule has 3 heterocycles. The van der Waals surface area contributed by atoms with E-state index in [0.717, 1.165) is 0 Å². The molecule has 3 fully saturated rings. The van der Waals surface area contributed by atoms with Gasteiger partial charge in [-0.15, -0.1) is 0 Å². The largest absolute Gasteiger partial charge is 0.394 e. The smallest absolute Gasteiger partial charge is 0.224 e. The van der Waals surface area contributed by atoms with Crippen LogP contribution in [0.3, 0.4) is 0 Å². The van der Waals surface area contributed by atoms with Crippen molar-refractivity contribution in [2.75, 3.05) is 19.8 Å². The number of hydrogen-bond donors (Lipinski definition) is 6. The summed E-state index contributed by atoms with van der Waals surface area (Å²) in [6, 6.07) is 0. The van der Waals surface area contributed by atoms with Crippen LogP contribution < -0.4 is 0 Å². The van der Waals surface area contributed by atoms with Gasteiger partial charge in [-0.25, -0.2) is 9.78 Å². The van der Waals surface area contributed by atoms with Crippen molar-refractivity contribution in [3.8, 4) is 0 Å². The Labute approximate surface area is 130 Å². The van der Waals surface area contributed by atoms with Crippen LogP contribution >= 0.6 is 0 Å². The van der Waals surface area contributed by atoms with Gasteiger partial charge in [-0.05, 0) is 0 Å². The van der Waals surface area contributed by atoms with Crippen LogP contribution in [0.5, 0.6) is 0 Å². The molecular weight excluding hydrogens is 320 g/mol. The Morgan fingerprint density at radius 3 is 2.35 bits per heavy atom. The lowest BCUT2D eigenvalue weighted by atomic mass is 9.98. The van der Waals surface area contributed by atoms with Gasteiger partial charge in [0.25, 0.3) is 0 Å². The van der Waals surface area contributed by atoms with Gasteiger partial charge in [0.1, 0.15) is 49.8 Å². The zero-order valence-corrected chi connectivity index (χ0v) is 12.0. The van der Waals surface area contributed by atoms with E-state index in [1.165, 1.54) is 0 Å². The summed E-state index contributed by atoms with van der Waals surface area (Å²) in [6.07, 6.45) is -11.1. The molecule has 9 atom stereocenters. The molecule has 0 amide bonds. The summed E-state index contributed by atoms with van der Waals surface area (Å²) in [7, 11) is 0. The lowest BCUT2D eigenvalue weighted by molar-refractivity contribution is -0.410. The van der Waals surface area contributed by atoms with E-state index in [1.54, 1.807) is 0 Å². The van der Waals surface area contributed by atoms with E-state index in [-0.39, 0.29) is 6.61 Å². The van der Waals surface area contributed by atoms with Crippen LogP contribution in [0.1, 0.15) is 0 Å². The van der Waals surface area contributed by atoms with Crippen molar-refractivity contribution < 1.29 is 54.6 Å². The second-order valence-electron chi connectivity index (χ2n) is 5.73. The summed E-state index contributed by atoms with van der Waals surface area (Å²) in [5, 5.41) is 58.9. The first-order valence-corrected chi connectivity index (χ1v) is 7.17. The maximum Gasteiger partial charge on any atom is 0.224 e. The third-order valence-electron chi connectivity index (χ3n) is 4.28. The third kappa shape index (κ3) is 2.77. The molecule has 4 bridgehead atoms. The highest BCUT2D eigenvalue weighted by atomic mass is 17.2. The molecule has 11 heteroatoms. The molecule has 0 saturated carbocycles. The predicted octanol–water partition coefficient (Wildman–Crippen LogP) is -4.42. The second-order valence-corrected chi connectivity index (χ2v) is 5.73. The average molecular weight is 340 g/mol. The van der Waals surface area contributed by atoms with Crippen LogP contribution in [0.2, 0.25) is 0 Å². The molecule has 3 saturated heterocycles. The fourth-order valence-corrected chi connectivity index (χ4v) is 2.90. The SMILES string of the molecule is OC[C@H]1O[C@]2(CO)O[C@H]3O[C@H](COO[C@H]1[C@@H]2O)[C@@H](O)[C@H](O)[C@H]3O. The second kappa shape index (κ2) is 6.46. The van der Waals surface area contributed by atoms with Gasteiger partial charge in [-0.3, -0.25) is 0 Å². The quantitative estimate of drug-likeness (QED) is 0.268. The molecule has 3 aliphatic heterocycles. The molecule has 6 N–H and O–H groups in total. The maximum absolute atomic E-state index is 10.3. The molecule has 0 radical (unpaired) electrons. The molecule has 11 nitrogen and oxygen atoms in total. The summed E-state index contributed by atoms with van der Waals surface area (Å²) in [5.41, 5.74) is 0. The highest BCUT2D eigenvalue weighted by Crippen LogP contribution is 2.38. The van der Waals surface area contributed by atoms with Crippen molar-refractivity contribution >= 4 is 0 Å². The van der Waals surface area contributed by atoms with Crippen LogP contribution in [0.4, 0.5) is 0 Å². The lowest BCUT2D eigenvalue weighted by Gasteiger charge is -2.44. The van der Waals surface area contributed by atoms with Crippen molar-refractivity contribution in [2.24, 2.45) is 0 Å². The highest BCUT2D eigenvalue weighted by Gasteiger charge is 2.60. The Balaban J connectivity index is 1.91. The molecule has 0 aromatic carbocycles. The lowest BCUT2D eigenvalue weighted by Crippen LogP contribution is -2.63. The van der Waals surface area contributed by atoms with Crippen molar-refractivity contribution in [3.63, 3.8) is 0 Å². The molecule has 0 aromatic heterocycles. The summed E-state index contributed by atoms with van der Waals surface area (Å²) < 4.78 is 16.0. The van der Waals surface area contributed by atoms with Crippen molar-refractivity contribution in [1.82, 2.24) is 0 Å². The fraction of sp³-hybridized carbons (Fsp3) is 1.00. The molecule has 3 aliphatic rings. The van der Waals surface area contributed by atoms with E-state index >= 15 is 0 Å². The Morgan fingerprint density at radius 2 is 1.70 bits per heavy atom. The highest BCUT2D eigenvalue weighted by molar-refractivity contribution is 4.99. The number of aliphatic hydroxyl groups is 6. The van der Waals surface area contributed by atoms with E-state index in [2.05, 4.69) is 0 Å². The topological polar surface area (TPSA) is 168 Å². The zero-order chi connectivity index (χ0) is 16.8. The summed E-state index contributed by atoms with van der Waals surface area (Å²) in [4.78, 5) is 9.90. The van der Waals surface area contributed by atoms with Crippen LogP contribution in [0, 0.1) is 0 Å². The first-order chi connectivity index (χ1) is 10.9. The summed E-state index contributed by atoms with van der Waals surface area (Å²) >= 11 is 0. The predicted molar refractivity (Wildman–Crippen MR) is 66.4 cm³/mol.